The molecule has 1 amide bonds. The van der Waals surface area contributed by atoms with Gasteiger partial charge in [0.05, 0.1) is 6.10 Å². The van der Waals surface area contributed by atoms with Crippen LogP contribution in [0.1, 0.15) is 37.0 Å². The van der Waals surface area contributed by atoms with Gasteiger partial charge in [-0.25, -0.2) is 0 Å². The largest absolute Gasteiger partial charge is 0.391 e. The van der Waals surface area contributed by atoms with Crippen LogP contribution in [-0.2, 0) is 0 Å². The Balaban J connectivity index is 2.26. The fourth-order valence-electron chi connectivity index (χ4n) is 2.34. The second-order valence-electron chi connectivity index (χ2n) is 5.43. The lowest BCUT2D eigenvalue weighted by Crippen LogP contribution is -2.54. The Morgan fingerprint density at radius 3 is 2.89 bits per heavy atom. The smallest absolute Gasteiger partial charge is 0.254 e. The number of aliphatic hydroxyl groups excluding tert-OH is 1. The van der Waals surface area contributed by atoms with Crippen LogP contribution in [-0.4, -0.2) is 34.1 Å². The topological polar surface area (TPSA) is 40.5 Å². The molecule has 0 saturated carbocycles. The van der Waals surface area contributed by atoms with E-state index in [2.05, 4.69) is 0 Å². The van der Waals surface area contributed by atoms with Gasteiger partial charge in [-0.3, -0.25) is 4.79 Å². The van der Waals surface area contributed by atoms with E-state index in [0.717, 1.165) is 12.8 Å². The molecule has 1 fully saturated rings. The summed E-state index contributed by atoms with van der Waals surface area (Å²) in [5.74, 6) is -0.0683. The molecule has 1 heterocycles. The molecule has 4 heteroatoms. The minimum Gasteiger partial charge on any atom is -0.391 e. The van der Waals surface area contributed by atoms with Crippen molar-refractivity contribution >= 4 is 17.5 Å². The molecule has 1 atom stereocenters. The quantitative estimate of drug-likeness (QED) is 0.850. The predicted molar refractivity (Wildman–Crippen MR) is 71.8 cm³/mol. The SMILES string of the molecule is CC1(C)CCC(O)CN1C(=O)c1cccc(Cl)c1. The molecule has 18 heavy (non-hydrogen) atoms. The Morgan fingerprint density at radius 1 is 1.50 bits per heavy atom. The zero-order chi connectivity index (χ0) is 13.3. The molecule has 0 bridgehead atoms. The van der Waals surface area contributed by atoms with Gasteiger partial charge < -0.3 is 10.0 Å². The third-order valence-corrected chi connectivity index (χ3v) is 3.77. The van der Waals surface area contributed by atoms with E-state index in [-0.39, 0.29) is 11.4 Å². The van der Waals surface area contributed by atoms with Crippen LogP contribution in [0.15, 0.2) is 24.3 Å². The number of aliphatic hydroxyl groups is 1. The summed E-state index contributed by atoms with van der Waals surface area (Å²) in [6, 6.07) is 6.93. The van der Waals surface area contributed by atoms with Crippen molar-refractivity contribution in [2.75, 3.05) is 6.54 Å². The number of hydrogen-bond donors (Lipinski definition) is 1. The average molecular weight is 268 g/mol. The number of rotatable bonds is 1. The third kappa shape index (κ3) is 2.68. The lowest BCUT2D eigenvalue weighted by Gasteiger charge is -2.44. The summed E-state index contributed by atoms with van der Waals surface area (Å²) in [6.07, 6.45) is 1.12. The van der Waals surface area contributed by atoms with Crippen LogP contribution in [0.5, 0.6) is 0 Å². The molecule has 1 aliphatic rings. The van der Waals surface area contributed by atoms with Crippen LogP contribution in [0.25, 0.3) is 0 Å². The molecular formula is C14H18ClNO2. The minimum atomic E-state index is -0.429. The maximum Gasteiger partial charge on any atom is 0.254 e. The Morgan fingerprint density at radius 2 is 2.22 bits per heavy atom. The molecule has 0 aromatic heterocycles. The van der Waals surface area contributed by atoms with E-state index in [0.29, 0.717) is 17.1 Å². The Bertz CT molecular complexity index is 459. The van der Waals surface area contributed by atoms with E-state index in [1.54, 1.807) is 29.2 Å². The van der Waals surface area contributed by atoms with E-state index in [9.17, 15) is 9.90 Å². The highest BCUT2D eigenvalue weighted by Gasteiger charge is 2.36. The van der Waals surface area contributed by atoms with Gasteiger partial charge >= 0.3 is 0 Å². The molecule has 1 N–H and O–H groups in total. The number of likely N-dealkylation sites (tertiary alicyclic amines) is 1. The zero-order valence-corrected chi connectivity index (χ0v) is 11.4. The number of β-amino-alcohol motifs (C(OH)–C–C–N with tert-alkyl or cyclic N) is 1. The Kier molecular flexibility index (Phi) is 3.64. The molecule has 0 aliphatic carbocycles. The number of nitrogens with zero attached hydrogens (tertiary/aromatic N) is 1. The van der Waals surface area contributed by atoms with Crippen molar-refractivity contribution in [3.8, 4) is 0 Å². The first-order valence-corrected chi connectivity index (χ1v) is 6.53. The van der Waals surface area contributed by atoms with Crippen molar-refractivity contribution in [3.05, 3.63) is 34.9 Å². The van der Waals surface area contributed by atoms with Crippen molar-refractivity contribution in [2.24, 2.45) is 0 Å². The second kappa shape index (κ2) is 4.90. The molecule has 1 unspecified atom stereocenters. The van der Waals surface area contributed by atoms with E-state index >= 15 is 0 Å². The molecule has 1 aliphatic heterocycles. The number of carbonyl (C=O) groups is 1. The lowest BCUT2D eigenvalue weighted by molar-refractivity contribution is 0.00154. The van der Waals surface area contributed by atoms with Gasteiger partial charge in [0, 0.05) is 22.7 Å². The fraction of sp³-hybridized carbons (Fsp3) is 0.500. The molecule has 1 saturated heterocycles. The highest BCUT2D eigenvalue weighted by molar-refractivity contribution is 6.30. The van der Waals surface area contributed by atoms with E-state index in [1.165, 1.54) is 0 Å². The fourth-order valence-corrected chi connectivity index (χ4v) is 2.53. The van der Waals surface area contributed by atoms with Crippen molar-refractivity contribution in [3.63, 3.8) is 0 Å². The maximum absolute atomic E-state index is 12.5. The second-order valence-corrected chi connectivity index (χ2v) is 5.87. The van der Waals surface area contributed by atoms with Crippen LogP contribution in [0.3, 0.4) is 0 Å². The first-order valence-electron chi connectivity index (χ1n) is 6.16. The number of halogens is 1. The summed E-state index contributed by atoms with van der Waals surface area (Å²) in [4.78, 5) is 14.2. The van der Waals surface area contributed by atoms with Crippen molar-refractivity contribution in [1.29, 1.82) is 0 Å². The molecule has 0 spiro atoms. The van der Waals surface area contributed by atoms with Gasteiger partial charge in [0.2, 0.25) is 0 Å². The summed E-state index contributed by atoms with van der Waals surface area (Å²) in [7, 11) is 0. The number of hydrogen-bond acceptors (Lipinski definition) is 2. The van der Waals surface area contributed by atoms with Crippen LogP contribution >= 0.6 is 11.6 Å². The highest BCUT2D eigenvalue weighted by Crippen LogP contribution is 2.29. The first kappa shape index (κ1) is 13.4. The Labute approximate surface area is 112 Å². The summed E-state index contributed by atoms with van der Waals surface area (Å²) in [5.41, 5.74) is 0.350. The van der Waals surface area contributed by atoms with Crippen molar-refractivity contribution in [1.82, 2.24) is 4.90 Å². The molecular weight excluding hydrogens is 250 g/mol. The summed E-state index contributed by atoms with van der Waals surface area (Å²) < 4.78 is 0. The maximum atomic E-state index is 12.5. The number of piperidine rings is 1. The lowest BCUT2D eigenvalue weighted by atomic mass is 9.88. The molecule has 2 rings (SSSR count). The summed E-state index contributed by atoms with van der Waals surface area (Å²) in [5, 5.41) is 10.3. The molecule has 1 aromatic rings. The summed E-state index contributed by atoms with van der Waals surface area (Å²) >= 11 is 5.91. The third-order valence-electron chi connectivity index (χ3n) is 3.53. The first-order chi connectivity index (χ1) is 8.40. The number of benzene rings is 1. The van der Waals surface area contributed by atoms with Gasteiger partial charge in [-0.05, 0) is 44.9 Å². The zero-order valence-electron chi connectivity index (χ0n) is 10.7. The van der Waals surface area contributed by atoms with E-state index in [1.807, 2.05) is 13.8 Å². The van der Waals surface area contributed by atoms with Crippen LogP contribution in [0.4, 0.5) is 0 Å². The summed E-state index contributed by atoms with van der Waals surface area (Å²) in [6.45, 7) is 4.45. The van der Waals surface area contributed by atoms with Gasteiger partial charge in [-0.1, -0.05) is 17.7 Å². The Hall–Kier alpha value is -1.06. The van der Waals surface area contributed by atoms with Gasteiger partial charge in [0.25, 0.3) is 5.91 Å². The van der Waals surface area contributed by atoms with Gasteiger partial charge in [-0.15, -0.1) is 0 Å². The van der Waals surface area contributed by atoms with Crippen LogP contribution in [0.2, 0.25) is 5.02 Å². The molecule has 98 valence electrons. The van der Waals surface area contributed by atoms with E-state index in [4.69, 9.17) is 11.6 Å². The number of amides is 1. The highest BCUT2D eigenvalue weighted by atomic mass is 35.5. The molecule has 3 nitrogen and oxygen atoms in total. The van der Waals surface area contributed by atoms with E-state index < -0.39 is 6.10 Å². The molecule has 0 radical (unpaired) electrons. The van der Waals surface area contributed by atoms with Gasteiger partial charge in [0.1, 0.15) is 0 Å². The van der Waals surface area contributed by atoms with Gasteiger partial charge in [-0.2, -0.15) is 0 Å². The van der Waals surface area contributed by atoms with Crippen molar-refractivity contribution in [2.45, 2.75) is 38.3 Å². The van der Waals surface area contributed by atoms with Crippen molar-refractivity contribution < 1.29 is 9.90 Å². The predicted octanol–water partition coefficient (Wildman–Crippen LogP) is 2.72. The van der Waals surface area contributed by atoms with Crippen LogP contribution < -0.4 is 0 Å². The van der Waals surface area contributed by atoms with Gasteiger partial charge in [0.15, 0.2) is 0 Å². The normalized spacial score (nSPS) is 22.9. The number of carbonyl (C=O) groups excluding carboxylic acids is 1. The van der Waals surface area contributed by atoms with Crippen LogP contribution in [0, 0.1) is 0 Å². The molecule has 1 aromatic carbocycles. The standard InChI is InChI=1S/C14H18ClNO2/c1-14(2)7-6-12(17)9-16(14)13(18)10-4-3-5-11(15)8-10/h3-5,8,12,17H,6-7,9H2,1-2H3. The average Bonchev–Trinajstić information content (AvgIpc) is 2.31. The minimum absolute atomic E-state index is 0.0683. The monoisotopic (exact) mass is 267 g/mol.